The molecule has 2 unspecified atom stereocenters. The molecule has 26 heavy (non-hydrogen) atoms. The zero-order chi connectivity index (χ0) is 18.1. The van der Waals surface area contributed by atoms with E-state index in [1.54, 1.807) is 16.2 Å². The van der Waals surface area contributed by atoms with Crippen LogP contribution in [0.3, 0.4) is 0 Å². The number of nitrogens with zero attached hydrogens (tertiary/aromatic N) is 2. The number of benzene rings is 2. The molecule has 0 bridgehead atoms. The largest absolute Gasteiger partial charge is 0.396 e. The fraction of sp³-hybridized carbons (Fsp3) is 0.300. The molecule has 1 aliphatic heterocycles. The molecule has 1 amide bonds. The predicted octanol–water partition coefficient (Wildman–Crippen LogP) is 2.78. The van der Waals surface area contributed by atoms with Gasteiger partial charge in [0.05, 0.1) is 16.3 Å². The highest BCUT2D eigenvalue weighted by Gasteiger charge is 2.31. The van der Waals surface area contributed by atoms with Crippen molar-refractivity contribution in [3.63, 3.8) is 0 Å². The highest BCUT2D eigenvalue weighted by Crippen LogP contribution is 2.33. The quantitative estimate of drug-likeness (QED) is 0.746. The minimum absolute atomic E-state index is 0.0501. The van der Waals surface area contributed by atoms with Crippen molar-refractivity contribution in [3.8, 4) is 10.6 Å². The summed E-state index contributed by atoms with van der Waals surface area (Å²) in [6, 6.07) is 15.4. The summed E-state index contributed by atoms with van der Waals surface area (Å²) >= 11 is 1.57. The summed E-state index contributed by atoms with van der Waals surface area (Å²) in [5.41, 5.74) is 2.34. The molecule has 2 atom stereocenters. The van der Waals surface area contributed by atoms with Crippen molar-refractivity contribution in [2.45, 2.75) is 12.5 Å². The van der Waals surface area contributed by atoms with Crippen LogP contribution in [0.4, 0.5) is 0 Å². The second kappa shape index (κ2) is 7.15. The van der Waals surface area contributed by atoms with Crippen molar-refractivity contribution in [1.29, 1.82) is 0 Å². The predicted molar refractivity (Wildman–Crippen MR) is 102 cm³/mol. The summed E-state index contributed by atoms with van der Waals surface area (Å²) in [6.45, 7) is 0.735. The SMILES string of the molecule is O=C(c1ccccc1-c1nc2ccccc2s1)N1CCC(CO)C(O)C1. The van der Waals surface area contributed by atoms with Crippen molar-refractivity contribution >= 4 is 27.5 Å². The number of hydrogen-bond acceptors (Lipinski definition) is 5. The Hall–Kier alpha value is -2.28. The highest BCUT2D eigenvalue weighted by molar-refractivity contribution is 7.21. The maximum absolute atomic E-state index is 13.1. The highest BCUT2D eigenvalue weighted by atomic mass is 32.1. The molecule has 1 aliphatic rings. The average Bonchev–Trinajstić information content (AvgIpc) is 3.11. The van der Waals surface area contributed by atoms with Gasteiger partial charge in [0.25, 0.3) is 5.91 Å². The zero-order valence-corrected chi connectivity index (χ0v) is 15.0. The number of amides is 1. The van der Waals surface area contributed by atoms with E-state index in [4.69, 9.17) is 0 Å². The van der Waals surface area contributed by atoms with Gasteiger partial charge in [0.1, 0.15) is 5.01 Å². The first-order chi connectivity index (χ1) is 12.7. The van der Waals surface area contributed by atoms with E-state index >= 15 is 0 Å². The minimum Gasteiger partial charge on any atom is -0.396 e. The van der Waals surface area contributed by atoms with E-state index in [0.717, 1.165) is 20.8 Å². The summed E-state index contributed by atoms with van der Waals surface area (Å²) in [6.07, 6.45) is -0.0838. The van der Waals surface area contributed by atoms with Gasteiger partial charge in [-0.2, -0.15) is 0 Å². The van der Waals surface area contributed by atoms with Gasteiger partial charge >= 0.3 is 0 Å². The Bertz CT molecular complexity index is 906. The molecule has 0 spiro atoms. The number of fused-ring (bicyclic) bond motifs is 1. The van der Waals surface area contributed by atoms with Crippen LogP contribution in [0.2, 0.25) is 0 Å². The Balaban J connectivity index is 1.66. The van der Waals surface area contributed by atoms with Crippen LogP contribution >= 0.6 is 11.3 Å². The maximum atomic E-state index is 13.1. The van der Waals surface area contributed by atoms with E-state index in [1.165, 1.54) is 0 Å². The molecule has 1 fully saturated rings. The van der Waals surface area contributed by atoms with Gasteiger partial charge < -0.3 is 15.1 Å². The molecule has 0 radical (unpaired) electrons. The van der Waals surface area contributed by atoms with Gasteiger partial charge in [-0.05, 0) is 24.6 Å². The molecule has 3 aromatic rings. The summed E-state index contributed by atoms with van der Waals surface area (Å²) in [5.74, 6) is -0.256. The van der Waals surface area contributed by atoms with Gasteiger partial charge in [-0.15, -0.1) is 11.3 Å². The molecule has 0 aliphatic carbocycles. The van der Waals surface area contributed by atoms with Crippen LogP contribution in [-0.2, 0) is 0 Å². The summed E-state index contributed by atoms with van der Waals surface area (Å²) < 4.78 is 1.09. The molecule has 6 heteroatoms. The molecular formula is C20H20N2O3S. The molecule has 1 aromatic heterocycles. The van der Waals surface area contributed by atoms with Crippen LogP contribution in [0.15, 0.2) is 48.5 Å². The number of β-amino-alcohol motifs (C(OH)–C–C–N with tert-alkyl or cyclic N) is 1. The summed E-state index contributed by atoms with van der Waals surface area (Å²) in [5, 5.41) is 20.3. The van der Waals surface area contributed by atoms with Gasteiger partial charge in [-0.1, -0.05) is 30.3 Å². The van der Waals surface area contributed by atoms with Gasteiger partial charge in [0.2, 0.25) is 0 Å². The topological polar surface area (TPSA) is 73.7 Å². The van der Waals surface area contributed by atoms with Crippen molar-refractivity contribution in [1.82, 2.24) is 9.88 Å². The van der Waals surface area contributed by atoms with E-state index in [9.17, 15) is 15.0 Å². The van der Waals surface area contributed by atoms with Gasteiger partial charge in [0, 0.05) is 36.7 Å². The van der Waals surface area contributed by atoms with Crippen LogP contribution in [0, 0.1) is 5.92 Å². The summed E-state index contributed by atoms with van der Waals surface area (Å²) in [7, 11) is 0. The number of aliphatic hydroxyl groups is 2. The van der Waals surface area contributed by atoms with E-state index in [1.807, 2.05) is 48.5 Å². The van der Waals surface area contributed by atoms with Crippen molar-refractivity contribution in [2.24, 2.45) is 5.92 Å². The van der Waals surface area contributed by atoms with E-state index in [2.05, 4.69) is 4.98 Å². The first-order valence-corrected chi connectivity index (χ1v) is 9.52. The Kier molecular flexibility index (Phi) is 4.72. The number of para-hydroxylation sites is 1. The van der Waals surface area contributed by atoms with E-state index < -0.39 is 6.10 Å². The molecule has 1 saturated heterocycles. The fourth-order valence-electron chi connectivity index (χ4n) is 3.39. The maximum Gasteiger partial charge on any atom is 0.254 e. The molecule has 2 aromatic carbocycles. The first-order valence-electron chi connectivity index (χ1n) is 8.70. The average molecular weight is 368 g/mol. The zero-order valence-electron chi connectivity index (χ0n) is 14.2. The standard InChI is InChI=1S/C20H20N2O3S/c23-12-13-9-10-22(11-17(13)24)20(25)15-6-2-1-5-14(15)19-21-16-7-3-4-8-18(16)26-19/h1-8,13,17,23-24H,9-12H2. The second-order valence-electron chi connectivity index (χ2n) is 6.58. The normalized spacial score (nSPS) is 20.5. The fourth-order valence-corrected chi connectivity index (χ4v) is 4.40. The van der Waals surface area contributed by atoms with Crippen molar-refractivity contribution in [2.75, 3.05) is 19.7 Å². The second-order valence-corrected chi connectivity index (χ2v) is 7.61. The van der Waals surface area contributed by atoms with Gasteiger partial charge in [-0.25, -0.2) is 4.98 Å². The van der Waals surface area contributed by atoms with Gasteiger partial charge in [-0.3, -0.25) is 4.79 Å². The molecule has 4 rings (SSSR count). The number of thiazole rings is 1. The third-order valence-corrected chi connectivity index (χ3v) is 5.99. The van der Waals surface area contributed by atoms with E-state index in [-0.39, 0.29) is 25.0 Å². The van der Waals surface area contributed by atoms with Crippen LogP contribution < -0.4 is 0 Å². The number of carbonyl (C=O) groups is 1. The number of aliphatic hydroxyl groups excluding tert-OH is 2. The smallest absolute Gasteiger partial charge is 0.254 e. The number of likely N-dealkylation sites (tertiary alicyclic amines) is 1. The van der Waals surface area contributed by atoms with Gasteiger partial charge in [0.15, 0.2) is 0 Å². The lowest BCUT2D eigenvalue weighted by molar-refractivity contribution is 0.000905. The third-order valence-electron chi connectivity index (χ3n) is 4.92. The number of aromatic nitrogens is 1. The monoisotopic (exact) mass is 368 g/mol. The number of piperidine rings is 1. The Labute approximate surface area is 155 Å². The van der Waals surface area contributed by atoms with Crippen LogP contribution in [0.5, 0.6) is 0 Å². The minimum atomic E-state index is -0.688. The number of rotatable bonds is 3. The summed E-state index contributed by atoms with van der Waals surface area (Å²) in [4.78, 5) is 19.4. The van der Waals surface area contributed by atoms with Crippen molar-refractivity contribution in [3.05, 3.63) is 54.1 Å². The van der Waals surface area contributed by atoms with E-state index in [0.29, 0.717) is 18.5 Å². The Morgan fingerprint density at radius 1 is 1.19 bits per heavy atom. The Morgan fingerprint density at radius 3 is 2.73 bits per heavy atom. The van der Waals surface area contributed by atoms with Crippen LogP contribution in [0.25, 0.3) is 20.8 Å². The lowest BCUT2D eigenvalue weighted by atomic mass is 9.94. The molecule has 2 heterocycles. The lowest BCUT2D eigenvalue weighted by Crippen LogP contribution is -2.47. The molecule has 134 valence electrons. The lowest BCUT2D eigenvalue weighted by Gasteiger charge is -2.35. The molecule has 5 nitrogen and oxygen atoms in total. The van der Waals surface area contributed by atoms with Crippen molar-refractivity contribution < 1.29 is 15.0 Å². The number of carbonyl (C=O) groups excluding carboxylic acids is 1. The molecular weight excluding hydrogens is 348 g/mol. The first kappa shape index (κ1) is 17.1. The number of hydrogen-bond donors (Lipinski definition) is 2. The van der Waals surface area contributed by atoms with Crippen LogP contribution in [-0.4, -0.2) is 51.8 Å². The Morgan fingerprint density at radius 2 is 1.96 bits per heavy atom. The molecule has 0 saturated carbocycles. The molecule has 2 N–H and O–H groups in total. The third kappa shape index (κ3) is 3.11. The van der Waals surface area contributed by atoms with Crippen LogP contribution in [0.1, 0.15) is 16.8 Å².